The summed E-state index contributed by atoms with van der Waals surface area (Å²) in [5, 5.41) is 13.0. The Morgan fingerprint density at radius 1 is 1.19 bits per heavy atom. The normalized spacial score (nSPS) is 23.7. The van der Waals surface area contributed by atoms with E-state index in [0.717, 1.165) is 37.8 Å². The van der Waals surface area contributed by atoms with E-state index < -0.39 is 28.7 Å². The van der Waals surface area contributed by atoms with Gasteiger partial charge in [0.1, 0.15) is 17.2 Å². The van der Waals surface area contributed by atoms with Crippen molar-refractivity contribution in [2.24, 2.45) is 5.92 Å². The second-order valence-corrected chi connectivity index (χ2v) is 9.76. The van der Waals surface area contributed by atoms with Gasteiger partial charge in [-0.15, -0.1) is 0 Å². The molecule has 1 aromatic heterocycles. The zero-order valence-electron chi connectivity index (χ0n) is 16.9. The molecule has 2 aromatic rings. The Labute approximate surface area is 195 Å². The fourth-order valence-electron chi connectivity index (χ4n) is 5.32. The minimum Gasteiger partial charge on any atom is -0.503 e. The van der Waals surface area contributed by atoms with Crippen LogP contribution < -0.4 is 10.7 Å². The van der Waals surface area contributed by atoms with Gasteiger partial charge in [-0.25, -0.2) is 8.78 Å². The van der Waals surface area contributed by atoms with Crippen LogP contribution in [0.2, 0.25) is 0 Å². The number of fused-ring (bicyclic) bond motifs is 3. The van der Waals surface area contributed by atoms with Gasteiger partial charge in [-0.1, -0.05) is 0 Å². The number of carbonyl (C=O) groups is 2. The van der Waals surface area contributed by atoms with Gasteiger partial charge in [-0.2, -0.15) is 0 Å². The van der Waals surface area contributed by atoms with E-state index in [2.05, 4.69) is 5.32 Å². The Morgan fingerprint density at radius 3 is 2.59 bits per heavy atom. The van der Waals surface area contributed by atoms with Crippen LogP contribution >= 0.6 is 22.6 Å². The standard InChI is InChI=1S/C22H20F2IN3O4/c23-11-5-15(24)13(16(25)6-11)7-26-21(31)14-8-27-9-17-10-1-3-12(4-2-10)28(17)22(32)18(27)20(30)19(14)29/h5-6,8,10,12,17,30H,1-4,7,9H2,(H,26,31)/t10-,12+,17-/m0/s1. The maximum Gasteiger partial charge on any atom is 0.275 e. The number of piperidine rings is 2. The van der Waals surface area contributed by atoms with Crippen LogP contribution in [0.25, 0.3) is 0 Å². The van der Waals surface area contributed by atoms with E-state index in [1.165, 1.54) is 10.8 Å². The lowest BCUT2D eigenvalue weighted by atomic mass is 9.73. The molecule has 2 amide bonds. The highest BCUT2D eigenvalue weighted by Gasteiger charge is 2.48. The lowest BCUT2D eigenvalue weighted by molar-refractivity contribution is -0.0181. The summed E-state index contributed by atoms with van der Waals surface area (Å²) < 4.78 is 29.2. The first-order valence-electron chi connectivity index (χ1n) is 10.5. The minimum atomic E-state index is -0.947. The number of carbonyl (C=O) groups excluding carboxylic acids is 2. The van der Waals surface area contributed by atoms with Gasteiger partial charge in [0, 0.05) is 40.5 Å². The van der Waals surface area contributed by atoms with Crippen LogP contribution in [0.3, 0.4) is 0 Å². The number of hydrogen-bond donors (Lipinski definition) is 2. The van der Waals surface area contributed by atoms with Crippen molar-refractivity contribution in [2.45, 2.75) is 50.9 Å². The molecular formula is C22H20F2IN3O4. The Morgan fingerprint density at radius 2 is 1.91 bits per heavy atom. The Hall–Kier alpha value is -2.50. The van der Waals surface area contributed by atoms with Crippen LogP contribution in [-0.2, 0) is 13.1 Å². The minimum absolute atomic E-state index is 0.0183. The molecule has 1 atom stereocenters. The quantitative estimate of drug-likeness (QED) is 0.571. The number of hydrogen-bond acceptors (Lipinski definition) is 4. The molecule has 1 aliphatic carbocycles. The third-order valence-corrected chi connectivity index (χ3v) is 7.85. The fraction of sp³-hybridized carbons (Fsp3) is 0.409. The van der Waals surface area contributed by atoms with E-state index in [0.29, 0.717) is 16.0 Å². The second-order valence-electron chi connectivity index (χ2n) is 8.60. The molecule has 7 nitrogen and oxygen atoms in total. The van der Waals surface area contributed by atoms with Crippen LogP contribution in [-0.4, -0.2) is 38.5 Å². The van der Waals surface area contributed by atoms with Crippen LogP contribution in [0.15, 0.2) is 23.1 Å². The lowest BCUT2D eigenvalue weighted by Gasteiger charge is -2.53. The number of aromatic hydroxyl groups is 1. The highest BCUT2D eigenvalue weighted by atomic mass is 127. The van der Waals surface area contributed by atoms with Crippen LogP contribution in [0.4, 0.5) is 8.78 Å². The van der Waals surface area contributed by atoms with Crippen LogP contribution in [0.1, 0.15) is 52.1 Å². The Bertz CT molecular complexity index is 1180. The third-order valence-electron chi connectivity index (χ3n) is 6.89. The molecule has 2 saturated heterocycles. The number of benzene rings is 1. The summed E-state index contributed by atoms with van der Waals surface area (Å²) in [6, 6.07) is 1.96. The van der Waals surface area contributed by atoms with E-state index in [9.17, 15) is 28.3 Å². The number of nitrogens with one attached hydrogen (secondary N) is 1. The van der Waals surface area contributed by atoms with Crippen molar-refractivity contribution in [2.75, 3.05) is 0 Å². The molecule has 168 valence electrons. The first-order chi connectivity index (χ1) is 15.3. The topological polar surface area (TPSA) is 91.6 Å². The molecule has 6 rings (SSSR count). The van der Waals surface area contributed by atoms with E-state index in [4.69, 9.17) is 0 Å². The average molecular weight is 555 g/mol. The number of halogens is 3. The summed E-state index contributed by atoms with van der Waals surface area (Å²) in [5.41, 5.74) is -1.27. The van der Waals surface area contributed by atoms with Crippen molar-refractivity contribution in [1.29, 1.82) is 0 Å². The molecule has 2 bridgehead atoms. The SMILES string of the molecule is O=C(NCc1c(F)cc(F)cc1I)c1cn2c(c(O)c1=O)C(=O)N1[C@H]3CC[C@H](CC3)[C@@H]1C2. The van der Waals surface area contributed by atoms with Gasteiger partial charge in [0.15, 0.2) is 11.4 Å². The molecular weight excluding hydrogens is 535 g/mol. The molecule has 0 spiro atoms. The van der Waals surface area contributed by atoms with Gasteiger partial charge in [-0.05, 0) is 60.3 Å². The lowest BCUT2D eigenvalue weighted by Crippen LogP contribution is -2.61. The summed E-state index contributed by atoms with van der Waals surface area (Å²) in [5.74, 6) is -3.10. The van der Waals surface area contributed by atoms with Crippen molar-refractivity contribution in [3.05, 3.63) is 60.6 Å². The number of aromatic nitrogens is 1. The van der Waals surface area contributed by atoms with Gasteiger partial charge in [0.2, 0.25) is 5.43 Å². The number of nitrogens with zero attached hydrogens (tertiary/aromatic N) is 2. The monoisotopic (exact) mass is 555 g/mol. The second kappa shape index (κ2) is 7.82. The molecule has 1 aromatic carbocycles. The van der Waals surface area contributed by atoms with Gasteiger partial charge < -0.3 is 19.9 Å². The zero-order valence-corrected chi connectivity index (χ0v) is 19.1. The van der Waals surface area contributed by atoms with Crippen LogP contribution in [0.5, 0.6) is 5.75 Å². The van der Waals surface area contributed by atoms with Crippen molar-refractivity contribution >= 4 is 34.4 Å². The van der Waals surface area contributed by atoms with E-state index in [1.54, 1.807) is 22.6 Å². The third kappa shape index (κ3) is 3.30. The molecule has 32 heavy (non-hydrogen) atoms. The highest BCUT2D eigenvalue weighted by Crippen LogP contribution is 2.43. The summed E-state index contributed by atoms with van der Waals surface area (Å²) in [6.07, 6.45) is 5.23. The number of rotatable bonds is 3. The fourth-order valence-corrected chi connectivity index (χ4v) is 6.07. The molecule has 10 heteroatoms. The summed E-state index contributed by atoms with van der Waals surface area (Å²) in [6.45, 7) is 0.144. The van der Waals surface area contributed by atoms with Gasteiger partial charge in [0.05, 0.1) is 6.04 Å². The van der Waals surface area contributed by atoms with Gasteiger partial charge >= 0.3 is 0 Å². The predicted molar refractivity (Wildman–Crippen MR) is 118 cm³/mol. The maximum atomic E-state index is 14.1. The van der Waals surface area contributed by atoms with Crippen molar-refractivity contribution < 1.29 is 23.5 Å². The molecule has 4 aliphatic rings. The first-order valence-corrected chi connectivity index (χ1v) is 11.5. The molecule has 1 saturated carbocycles. The van der Waals surface area contributed by atoms with Gasteiger partial charge in [-0.3, -0.25) is 14.4 Å². The van der Waals surface area contributed by atoms with E-state index in [-0.39, 0.29) is 41.4 Å². The Balaban J connectivity index is 1.45. The van der Waals surface area contributed by atoms with Crippen LogP contribution in [0, 0.1) is 21.1 Å². The number of amides is 2. The molecule has 0 radical (unpaired) electrons. The summed E-state index contributed by atoms with van der Waals surface area (Å²) >= 11 is 1.76. The Kier molecular flexibility index (Phi) is 5.22. The molecule has 0 unspecified atom stereocenters. The van der Waals surface area contributed by atoms with Gasteiger partial charge in [0.25, 0.3) is 11.8 Å². The molecule has 3 aliphatic heterocycles. The van der Waals surface area contributed by atoms with E-state index >= 15 is 0 Å². The van der Waals surface area contributed by atoms with Crippen molar-refractivity contribution in [3.63, 3.8) is 0 Å². The predicted octanol–water partition coefficient (Wildman–Crippen LogP) is 2.76. The molecule has 2 N–H and O–H groups in total. The van der Waals surface area contributed by atoms with Crippen molar-refractivity contribution in [3.8, 4) is 5.75 Å². The highest BCUT2D eigenvalue weighted by molar-refractivity contribution is 14.1. The average Bonchev–Trinajstić information content (AvgIpc) is 2.75. The first kappa shape index (κ1) is 21.4. The summed E-state index contributed by atoms with van der Waals surface area (Å²) in [7, 11) is 0. The largest absolute Gasteiger partial charge is 0.503 e. The number of pyridine rings is 1. The van der Waals surface area contributed by atoms with E-state index in [1.807, 2.05) is 4.90 Å². The molecule has 4 heterocycles. The van der Waals surface area contributed by atoms with Crippen molar-refractivity contribution in [1.82, 2.24) is 14.8 Å². The zero-order chi connectivity index (χ0) is 22.7. The smallest absolute Gasteiger partial charge is 0.275 e. The summed E-state index contributed by atoms with van der Waals surface area (Å²) in [4.78, 5) is 40.4. The maximum absolute atomic E-state index is 14.1. The molecule has 3 fully saturated rings.